The Balaban J connectivity index is 2.28. The summed E-state index contributed by atoms with van der Waals surface area (Å²) in [6.45, 7) is 8.88. The lowest BCUT2D eigenvalue weighted by Gasteiger charge is -2.44. The molecule has 0 bridgehead atoms. The van der Waals surface area contributed by atoms with Crippen LogP contribution in [0.2, 0.25) is 0 Å². The van der Waals surface area contributed by atoms with E-state index < -0.39 is 0 Å². The Labute approximate surface area is 125 Å². The SMILES string of the molecule is CC1CNC(C)(C)CN1c1ccc(Br)c(I)c1. The third-order valence-electron chi connectivity index (χ3n) is 3.21. The van der Waals surface area contributed by atoms with E-state index in [9.17, 15) is 0 Å². The van der Waals surface area contributed by atoms with Crippen LogP contribution in [0.25, 0.3) is 0 Å². The van der Waals surface area contributed by atoms with Crippen LogP contribution in [0.5, 0.6) is 0 Å². The first kappa shape index (κ1) is 13.6. The molecule has 0 aliphatic carbocycles. The molecule has 17 heavy (non-hydrogen) atoms. The van der Waals surface area contributed by atoms with Gasteiger partial charge in [-0.2, -0.15) is 0 Å². The van der Waals surface area contributed by atoms with Crippen molar-refractivity contribution in [3.05, 3.63) is 26.2 Å². The quantitative estimate of drug-likeness (QED) is 0.713. The Bertz CT molecular complexity index is 420. The fourth-order valence-corrected chi connectivity index (χ4v) is 2.93. The van der Waals surface area contributed by atoms with Crippen LogP contribution in [-0.2, 0) is 0 Å². The standard InChI is InChI=1S/C13H18BrIN2/c1-9-7-16-13(2,3)8-17(9)10-4-5-11(14)12(15)6-10/h4-6,9,16H,7-8H2,1-3H3. The Hall–Kier alpha value is 0.190. The molecule has 1 N–H and O–H groups in total. The number of rotatable bonds is 1. The highest BCUT2D eigenvalue weighted by Crippen LogP contribution is 2.28. The number of hydrogen-bond acceptors (Lipinski definition) is 2. The Kier molecular flexibility index (Phi) is 4.05. The number of anilines is 1. The first-order chi connectivity index (χ1) is 7.89. The molecule has 0 saturated carbocycles. The van der Waals surface area contributed by atoms with Crippen LogP contribution in [0, 0.1) is 3.57 Å². The van der Waals surface area contributed by atoms with E-state index in [-0.39, 0.29) is 5.54 Å². The van der Waals surface area contributed by atoms with E-state index in [0.717, 1.165) is 13.1 Å². The number of halogens is 2. The summed E-state index contributed by atoms with van der Waals surface area (Å²) in [6.07, 6.45) is 0. The first-order valence-corrected chi connectivity index (χ1v) is 7.73. The summed E-state index contributed by atoms with van der Waals surface area (Å²) in [7, 11) is 0. The van der Waals surface area contributed by atoms with Gasteiger partial charge in [0.1, 0.15) is 0 Å². The molecule has 2 nitrogen and oxygen atoms in total. The molecule has 1 atom stereocenters. The van der Waals surface area contributed by atoms with Crippen molar-refractivity contribution in [2.75, 3.05) is 18.0 Å². The smallest absolute Gasteiger partial charge is 0.0387 e. The molecule has 1 heterocycles. The average Bonchev–Trinajstić information content (AvgIpc) is 2.26. The highest BCUT2D eigenvalue weighted by atomic mass is 127. The number of nitrogens with zero attached hydrogens (tertiary/aromatic N) is 1. The van der Waals surface area contributed by atoms with Crippen LogP contribution < -0.4 is 10.2 Å². The number of piperazine rings is 1. The second kappa shape index (κ2) is 5.05. The van der Waals surface area contributed by atoms with Gasteiger partial charge < -0.3 is 10.2 Å². The van der Waals surface area contributed by atoms with Crippen molar-refractivity contribution in [3.8, 4) is 0 Å². The van der Waals surface area contributed by atoms with E-state index >= 15 is 0 Å². The second-order valence-corrected chi connectivity index (χ2v) is 7.36. The van der Waals surface area contributed by atoms with Crippen molar-refractivity contribution in [2.24, 2.45) is 0 Å². The third-order valence-corrected chi connectivity index (χ3v) is 5.53. The van der Waals surface area contributed by atoms with E-state index in [1.807, 2.05) is 0 Å². The molecule has 0 aromatic heterocycles. The van der Waals surface area contributed by atoms with Gasteiger partial charge in [-0.25, -0.2) is 0 Å². The van der Waals surface area contributed by atoms with Crippen molar-refractivity contribution in [1.82, 2.24) is 5.32 Å². The lowest BCUT2D eigenvalue weighted by atomic mass is 9.98. The van der Waals surface area contributed by atoms with Crippen LogP contribution in [0.15, 0.2) is 22.7 Å². The normalized spacial score (nSPS) is 23.8. The minimum Gasteiger partial charge on any atom is -0.366 e. The maximum atomic E-state index is 3.58. The zero-order chi connectivity index (χ0) is 12.6. The van der Waals surface area contributed by atoms with Gasteiger partial charge in [0, 0.05) is 38.4 Å². The molecule has 1 aliphatic rings. The molecular weight excluding hydrogens is 391 g/mol. The Morgan fingerprint density at radius 1 is 1.47 bits per heavy atom. The van der Waals surface area contributed by atoms with Crippen LogP contribution in [0.3, 0.4) is 0 Å². The van der Waals surface area contributed by atoms with Crippen molar-refractivity contribution in [1.29, 1.82) is 0 Å². The minimum atomic E-state index is 0.186. The molecule has 1 aliphatic heterocycles. The number of benzene rings is 1. The van der Waals surface area contributed by atoms with Gasteiger partial charge in [0.25, 0.3) is 0 Å². The predicted octanol–water partition coefficient (Wildman–Crippen LogP) is 3.63. The van der Waals surface area contributed by atoms with E-state index in [0.29, 0.717) is 6.04 Å². The maximum absolute atomic E-state index is 3.58. The predicted molar refractivity (Wildman–Crippen MR) is 85.7 cm³/mol. The zero-order valence-electron chi connectivity index (χ0n) is 10.4. The van der Waals surface area contributed by atoms with Gasteiger partial charge in [0.15, 0.2) is 0 Å². The fraction of sp³-hybridized carbons (Fsp3) is 0.538. The molecule has 2 rings (SSSR count). The zero-order valence-corrected chi connectivity index (χ0v) is 14.2. The molecular formula is C13H18BrIN2. The van der Waals surface area contributed by atoms with Gasteiger partial charge in [-0.3, -0.25) is 0 Å². The number of nitrogens with one attached hydrogen (secondary N) is 1. The van der Waals surface area contributed by atoms with E-state index in [2.05, 4.69) is 87.7 Å². The summed E-state index contributed by atoms with van der Waals surface area (Å²) in [5, 5.41) is 3.58. The average molecular weight is 409 g/mol. The minimum absolute atomic E-state index is 0.186. The van der Waals surface area contributed by atoms with Crippen molar-refractivity contribution < 1.29 is 0 Å². The van der Waals surface area contributed by atoms with E-state index in [4.69, 9.17) is 0 Å². The number of hydrogen-bond donors (Lipinski definition) is 1. The molecule has 0 amide bonds. The van der Waals surface area contributed by atoms with Crippen molar-refractivity contribution >= 4 is 44.2 Å². The van der Waals surface area contributed by atoms with Gasteiger partial charge >= 0.3 is 0 Å². The summed E-state index contributed by atoms with van der Waals surface area (Å²) in [4.78, 5) is 2.49. The van der Waals surface area contributed by atoms with Gasteiger partial charge in [0.2, 0.25) is 0 Å². The summed E-state index contributed by atoms with van der Waals surface area (Å²) in [5.41, 5.74) is 1.50. The molecule has 94 valence electrons. The van der Waals surface area contributed by atoms with E-state index in [1.54, 1.807) is 0 Å². The van der Waals surface area contributed by atoms with Gasteiger partial charge in [0.05, 0.1) is 0 Å². The van der Waals surface area contributed by atoms with Crippen LogP contribution in [0.1, 0.15) is 20.8 Å². The van der Waals surface area contributed by atoms with Crippen molar-refractivity contribution in [2.45, 2.75) is 32.4 Å². The molecule has 0 radical (unpaired) electrons. The topological polar surface area (TPSA) is 15.3 Å². The Morgan fingerprint density at radius 3 is 2.82 bits per heavy atom. The molecule has 0 spiro atoms. The maximum Gasteiger partial charge on any atom is 0.0387 e. The highest BCUT2D eigenvalue weighted by Gasteiger charge is 2.30. The molecule has 4 heteroatoms. The van der Waals surface area contributed by atoms with Gasteiger partial charge in [-0.1, -0.05) is 0 Å². The molecule has 1 fully saturated rings. The lowest BCUT2D eigenvalue weighted by Crippen LogP contribution is -2.61. The summed E-state index contributed by atoms with van der Waals surface area (Å²) in [5.74, 6) is 0. The first-order valence-electron chi connectivity index (χ1n) is 5.86. The molecule has 1 aromatic rings. The second-order valence-electron chi connectivity index (χ2n) is 5.34. The summed E-state index contributed by atoms with van der Waals surface area (Å²) >= 11 is 5.93. The summed E-state index contributed by atoms with van der Waals surface area (Å²) < 4.78 is 2.44. The fourth-order valence-electron chi connectivity index (χ4n) is 2.18. The highest BCUT2D eigenvalue weighted by molar-refractivity contribution is 14.1. The largest absolute Gasteiger partial charge is 0.366 e. The molecule has 1 aromatic carbocycles. The van der Waals surface area contributed by atoms with Gasteiger partial charge in [-0.05, 0) is 77.5 Å². The monoisotopic (exact) mass is 408 g/mol. The van der Waals surface area contributed by atoms with Crippen molar-refractivity contribution in [3.63, 3.8) is 0 Å². The van der Waals surface area contributed by atoms with Crippen LogP contribution in [0.4, 0.5) is 5.69 Å². The summed E-state index contributed by atoms with van der Waals surface area (Å²) in [6, 6.07) is 7.13. The molecule has 1 saturated heterocycles. The molecule has 1 unspecified atom stereocenters. The Morgan fingerprint density at radius 2 is 2.18 bits per heavy atom. The third kappa shape index (κ3) is 3.15. The van der Waals surface area contributed by atoms with Crippen LogP contribution >= 0.6 is 38.5 Å². The van der Waals surface area contributed by atoms with Crippen LogP contribution in [-0.4, -0.2) is 24.7 Å². The lowest BCUT2D eigenvalue weighted by molar-refractivity contribution is 0.318. The van der Waals surface area contributed by atoms with E-state index in [1.165, 1.54) is 13.7 Å². The van der Waals surface area contributed by atoms with Gasteiger partial charge in [-0.15, -0.1) is 0 Å².